The first-order chi connectivity index (χ1) is 12.3. The van der Waals surface area contributed by atoms with Gasteiger partial charge in [-0.3, -0.25) is 4.79 Å². The zero-order valence-electron chi connectivity index (χ0n) is 14.3. The first-order valence-electron chi connectivity index (χ1n) is 8.21. The van der Waals surface area contributed by atoms with Gasteiger partial charge in [-0.15, -0.1) is 0 Å². The van der Waals surface area contributed by atoms with Crippen molar-refractivity contribution in [2.75, 3.05) is 31.6 Å². The van der Waals surface area contributed by atoms with E-state index in [0.717, 1.165) is 23.4 Å². The molecule has 1 heterocycles. The van der Waals surface area contributed by atoms with Crippen LogP contribution in [0.3, 0.4) is 0 Å². The van der Waals surface area contributed by atoms with Crippen LogP contribution in [0.15, 0.2) is 48.5 Å². The van der Waals surface area contributed by atoms with Crippen molar-refractivity contribution in [2.45, 2.75) is 12.7 Å². The average molecular weight is 364 g/mol. The molecule has 0 radical (unpaired) electrons. The molecule has 0 N–H and O–H groups in total. The molecule has 1 aliphatic rings. The summed E-state index contributed by atoms with van der Waals surface area (Å²) in [6.07, 6.45) is -4.39. The normalized spacial score (nSPS) is 14.6. The maximum atomic E-state index is 12.6. The van der Waals surface area contributed by atoms with Crippen LogP contribution >= 0.6 is 0 Å². The van der Waals surface area contributed by atoms with Gasteiger partial charge in [0.05, 0.1) is 5.56 Å². The van der Waals surface area contributed by atoms with Crippen LogP contribution in [-0.4, -0.2) is 37.6 Å². The molecular weight excluding hydrogens is 345 g/mol. The molecule has 3 rings (SSSR count). The van der Waals surface area contributed by atoms with Gasteiger partial charge in [-0.05, 0) is 35.9 Å². The molecule has 0 saturated heterocycles. The zero-order chi connectivity index (χ0) is 18.7. The lowest BCUT2D eigenvalue weighted by molar-refractivity contribution is -0.137. The number of alkyl halides is 3. The molecule has 1 amide bonds. The fraction of sp³-hybridized carbons (Fsp3) is 0.316. The Labute approximate surface area is 149 Å². The van der Waals surface area contributed by atoms with Gasteiger partial charge in [-0.1, -0.05) is 18.2 Å². The van der Waals surface area contributed by atoms with E-state index in [-0.39, 0.29) is 18.3 Å². The third kappa shape index (κ3) is 4.09. The van der Waals surface area contributed by atoms with Crippen molar-refractivity contribution in [3.05, 3.63) is 59.7 Å². The molecular formula is C19H19F3N2O2. The minimum atomic E-state index is -4.39. The number of benzene rings is 2. The number of ether oxygens (including phenoxy) is 1. The van der Waals surface area contributed by atoms with E-state index >= 15 is 0 Å². The summed E-state index contributed by atoms with van der Waals surface area (Å²) in [5.41, 5.74) is 1.39. The average Bonchev–Trinajstić information content (AvgIpc) is 2.79. The standard InChI is InChI=1S/C19H19F3N2O2/c1-23-10-11-24(12-14-4-2-3-5-17(14)23)18(25)13-26-16-8-6-15(7-9-16)19(20,21)22/h2-9H,10-13H2,1H3. The first-order valence-corrected chi connectivity index (χ1v) is 8.21. The Bertz CT molecular complexity index is 775. The van der Waals surface area contributed by atoms with E-state index in [1.165, 1.54) is 12.1 Å². The highest BCUT2D eigenvalue weighted by molar-refractivity contribution is 5.78. The summed E-state index contributed by atoms with van der Waals surface area (Å²) < 4.78 is 43.1. The Morgan fingerprint density at radius 3 is 2.46 bits per heavy atom. The van der Waals surface area contributed by atoms with Crippen LogP contribution in [-0.2, 0) is 17.5 Å². The molecule has 0 atom stereocenters. The van der Waals surface area contributed by atoms with E-state index in [1.807, 2.05) is 31.3 Å². The Kier molecular flexibility index (Phi) is 5.06. The number of amides is 1. The molecule has 0 unspecified atom stereocenters. The largest absolute Gasteiger partial charge is 0.484 e. The number of anilines is 1. The SMILES string of the molecule is CN1CCN(C(=O)COc2ccc(C(F)(F)F)cc2)Cc2ccccc21. The Morgan fingerprint density at radius 2 is 1.77 bits per heavy atom. The monoisotopic (exact) mass is 364 g/mol. The van der Waals surface area contributed by atoms with Gasteiger partial charge in [0.15, 0.2) is 6.61 Å². The topological polar surface area (TPSA) is 32.8 Å². The lowest BCUT2D eigenvalue weighted by atomic mass is 10.1. The number of likely N-dealkylation sites (N-methyl/N-ethyl adjacent to an activating group) is 1. The van der Waals surface area contributed by atoms with Gasteiger partial charge in [-0.2, -0.15) is 13.2 Å². The summed E-state index contributed by atoms with van der Waals surface area (Å²) in [6, 6.07) is 12.2. The molecule has 0 spiro atoms. The van der Waals surface area contributed by atoms with Crippen molar-refractivity contribution in [3.63, 3.8) is 0 Å². The van der Waals surface area contributed by atoms with Crippen molar-refractivity contribution in [3.8, 4) is 5.75 Å². The molecule has 0 aliphatic carbocycles. The second-order valence-corrected chi connectivity index (χ2v) is 6.18. The molecule has 0 saturated carbocycles. The molecule has 0 bridgehead atoms. The van der Waals surface area contributed by atoms with Crippen molar-refractivity contribution in [1.29, 1.82) is 0 Å². The molecule has 2 aromatic rings. The number of halogens is 3. The predicted molar refractivity (Wildman–Crippen MR) is 92.1 cm³/mol. The molecule has 0 aromatic heterocycles. The van der Waals surface area contributed by atoms with Crippen molar-refractivity contribution < 1.29 is 22.7 Å². The summed E-state index contributed by atoms with van der Waals surface area (Å²) in [5, 5.41) is 0. The van der Waals surface area contributed by atoms with Crippen LogP contribution in [0.2, 0.25) is 0 Å². The number of rotatable bonds is 3. The van der Waals surface area contributed by atoms with Crippen LogP contribution in [0.25, 0.3) is 0 Å². The van der Waals surface area contributed by atoms with E-state index < -0.39 is 11.7 Å². The Hall–Kier alpha value is -2.70. The summed E-state index contributed by atoms with van der Waals surface area (Å²) in [6.45, 7) is 1.52. The first kappa shape index (κ1) is 18.1. The molecule has 0 fully saturated rings. The van der Waals surface area contributed by atoms with Crippen LogP contribution < -0.4 is 9.64 Å². The fourth-order valence-electron chi connectivity index (χ4n) is 2.88. The minimum Gasteiger partial charge on any atom is -0.484 e. The number of fused-ring (bicyclic) bond motifs is 1. The molecule has 7 heteroatoms. The number of hydrogen-bond donors (Lipinski definition) is 0. The van der Waals surface area contributed by atoms with Crippen molar-refractivity contribution in [2.24, 2.45) is 0 Å². The van der Waals surface area contributed by atoms with Gasteiger partial charge < -0.3 is 14.5 Å². The predicted octanol–water partition coefficient (Wildman–Crippen LogP) is 3.56. The molecule has 138 valence electrons. The molecule has 2 aromatic carbocycles. The van der Waals surface area contributed by atoms with Gasteiger partial charge in [0.2, 0.25) is 0 Å². The Balaban J connectivity index is 1.62. The number of carbonyl (C=O) groups is 1. The molecule has 26 heavy (non-hydrogen) atoms. The van der Waals surface area contributed by atoms with Gasteiger partial charge in [0, 0.05) is 32.4 Å². The third-order valence-electron chi connectivity index (χ3n) is 4.37. The van der Waals surface area contributed by atoms with E-state index in [4.69, 9.17) is 4.74 Å². The van der Waals surface area contributed by atoms with E-state index in [9.17, 15) is 18.0 Å². The summed E-state index contributed by atoms with van der Waals surface area (Å²) in [7, 11) is 1.98. The van der Waals surface area contributed by atoms with Gasteiger partial charge in [0.25, 0.3) is 5.91 Å². The zero-order valence-corrected chi connectivity index (χ0v) is 14.3. The Morgan fingerprint density at radius 1 is 1.08 bits per heavy atom. The number of para-hydroxylation sites is 1. The van der Waals surface area contributed by atoms with Crippen LogP contribution in [0, 0.1) is 0 Å². The maximum Gasteiger partial charge on any atom is 0.416 e. The van der Waals surface area contributed by atoms with E-state index in [1.54, 1.807) is 4.90 Å². The second-order valence-electron chi connectivity index (χ2n) is 6.18. The van der Waals surface area contributed by atoms with Crippen LogP contribution in [0.5, 0.6) is 5.75 Å². The summed E-state index contributed by atoms with van der Waals surface area (Å²) in [4.78, 5) is 16.3. The summed E-state index contributed by atoms with van der Waals surface area (Å²) in [5.74, 6) is 0.0358. The van der Waals surface area contributed by atoms with Gasteiger partial charge in [-0.25, -0.2) is 0 Å². The van der Waals surface area contributed by atoms with Gasteiger partial charge >= 0.3 is 6.18 Å². The highest BCUT2D eigenvalue weighted by Gasteiger charge is 2.30. The highest BCUT2D eigenvalue weighted by atomic mass is 19.4. The smallest absolute Gasteiger partial charge is 0.416 e. The molecule has 1 aliphatic heterocycles. The highest BCUT2D eigenvalue weighted by Crippen LogP contribution is 2.30. The fourth-order valence-corrected chi connectivity index (χ4v) is 2.88. The van der Waals surface area contributed by atoms with Crippen LogP contribution in [0.4, 0.5) is 18.9 Å². The van der Waals surface area contributed by atoms with Gasteiger partial charge in [0.1, 0.15) is 5.75 Å². The number of hydrogen-bond acceptors (Lipinski definition) is 3. The van der Waals surface area contributed by atoms with Crippen molar-refractivity contribution >= 4 is 11.6 Å². The van der Waals surface area contributed by atoms with E-state index in [0.29, 0.717) is 19.6 Å². The quantitative estimate of drug-likeness (QED) is 0.835. The second kappa shape index (κ2) is 7.27. The molecule has 4 nitrogen and oxygen atoms in total. The number of nitrogens with zero attached hydrogens (tertiary/aromatic N) is 2. The minimum absolute atomic E-state index is 0.199. The van der Waals surface area contributed by atoms with Crippen molar-refractivity contribution in [1.82, 2.24) is 4.90 Å². The maximum absolute atomic E-state index is 12.6. The summed E-state index contributed by atoms with van der Waals surface area (Å²) >= 11 is 0. The van der Waals surface area contributed by atoms with E-state index in [2.05, 4.69) is 4.90 Å². The lowest BCUT2D eigenvalue weighted by Gasteiger charge is -2.21. The lowest BCUT2D eigenvalue weighted by Crippen LogP contribution is -2.37. The number of carbonyl (C=O) groups excluding carboxylic acids is 1. The van der Waals surface area contributed by atoms with Crippen LogP contribution in [0.1, 0.15) is 11.1 Å². The third-order valence-corrected chi connectivity index (χ3v) is 4.37.